The van der Waals surface area contributed by atoms with Crippen molar-refractivity contribution in [1.29, 1.82) is 0 Å². The summed E-state index contributed by atoms with van der Waals surface area (Å²) in [5, 5.41) is 18.7. The maximum Gasteiger partial charge on any atom is 0.307 e. The lowest BCUT2D eigenvalue weighted by molar-refractivity contribution is -0.143. The lowest BCUT2D eigenvalue weighted by atomic mass is 10.0. The summed E-state index contributed by atoms with van der Waals surface area (Å²) in [5.41, 5.74) is 6.05. The lowest BCUT2D eigenvalue weighted by Crippen LogP contribution is -2.17. The number of nitrogens with two attached hydrogens (primary N) is 1. The molecule has 0 radical (unpaired) electrons. The van der Waals surface area contributed by atoms with Gasteiger partial charge in [-0.2, -0.15) is 0 Å². The van der Waals surface area contributed by atoms with Gasteiger partial charge in [-0.05, 0) is 25.1 Å². The van der Waals surface area contributed by atoms with Crippen molar-refractivity contribution in [2.24, 2.45) is 5.73 Å². The fraction of sp³-hybridized carbons (Fsp3) is 0.364. The highest BCUT2D eigenvalue weighted by molar-refractivity contribution is 5.70. The molecule has 1 aromatic rings. The van der Waals surface area contributed by atoms with E-state index in [0.717, 1.165) is 0 Å². The molecule has 4 N–H and O–H groups in total. The van der Waals surface area contributed by atoms with Gasteiger partial charge in [-0.15, -0.1) is 0 Å². The first kappa shape index (κ1) is 12.3. The van der Waals surface area contributed by atoms with Gasteiger partial charge in [0, 0.05) is 11.6 Å². The van der Waals surface area contributed by atoms with Crippen LogP contribution in [0.5, 0.6) is 11.5 Å². The Hall–Kier alpha value is -1.75. The van der Waals surface area contributed by atoms with Gasteiger partial charge in [0.05, 0.1) is 13.0 Å². The number of carbonyl (C=O) groups excluding carboxylic acids is 1. The van der Waals surface area contributed by atoms with Gasteiger partial charge in [-0.25, -0.2) is 0 Å². The molecule has 5 heteroatoms. The highest BCUT2D eigenvalue weighted by Gasteiger charge is 2.16. The second-order valence-electron chi connectivity index (χ2n) is 3.36. The van der Waals surface area contributed by atoms with E-state index in [0.29, 0.717) is 5.56 Å². The lowest BCUT2D eigenvalue weighted by Gasteiger charge is -2.13. The predicted octanol–water partition coefficient (Wildman–Crippen LogP) is 1.05. The highest BCUT2D eigenvalue weighted by Crippen LogP contribution is 2.28. The standard InChI is InChI=1S/C11H15NO4/c1-2-16-11(15)6-9(12)8-5-7(13)3-4-10(8)14/h3-5,9,13-14H,2,6,12H2,1H3/t9-/m0/s1. The molecular weight excluding hydrogens is 210 g/mol. The fourth-order valence-corrected chi connectivity index (χ4v) is 1.35. The van der Waals surface area contributed by atoms with Crippen molar-refractivity contribution in [3.8, 4) is 11.5 Å². The van der Waals surface area contributed by atoms with Crippen LogP contribution in [-0.4, -0.2) is 22.8 Å². The van der Waals surface area contributed by atoms with Gasteiger partial charge in [0.1, 0.15) is 11.5 Å². The van der Waals surface area contributed by atoms with Gasteiger partial charge in [-0.3, -0.25) is 4.79 Å². The third kappa shape index (κ3) is 3.13. The molecule has 88 valence electrons. The Morgan fingerprint density at radius 1 is 1.50 bits per heavy atom. The molecule has 0 saturated heterocycles. The maximum absolute atomic E-state index is 11.2. The van der Waals surface area contributed by atoms with Gasteiger partial charge in [0.15, 0.2) is 0 Å². The number of benzene rings is 1. The van der Waals surface area contributed by atoms with E-state index in [9.17, 15) is 15.0 Å². The number of rotatable bonds is 4. The third-order valence-electron chi connectivity index (χ3n) is 2.10. The van der Waals surface area contributed by atoms with Crippen molar-refractivity contribution in [2.75, 3.05) is 6.61 Å². The van der Waals surface area contributed by atoms with Crippen LogP contribution in [0.3, 0.4) is 0 Å². The third-order valence-corrected chi connectivity index (χ3v) is 2.10. The molecule has 0 amide bonds. The minimum atomic E-state index is -0.689. The van der Waals surface area contributed by atoms with Crippen LogP contribution in [-0.2, 0) is 9.53 Å². The first-order valence-electron chi connectivity index (χ1n) is 4.97. The van der Waals surface area contributed by atoms with Gasteiger partial charge >= 0.3 is 5.97 Å². The van der Waals surface area contributed by atoms with Gasteiger partial charge in [0.25, 0.3) is 0 Å². The molecule has 1 atom stereocenters. The van der Waals surface area contributed by atoms with E-state index in [2.05, 4.69) is 0 Å². The number of hydrogen-bond donors (Lipinski definition) is 3. The Morgan fingerprint density at radius 2 is 2.19 bits per heavy atom. The molecule has 0 heterocycles. The zero-order valence-electron chi connectivity index (χ0n) is 9.01. The Labute approximate surface area is 93.5 Å². The molecular formula is C11H15NO4. The molecule has 0 fully saturated rings. The quantitative estimate of drug-likeness (QED) is 0.526. The first-order chi connectivity index (χ1) is 7.54. The molecule has 0 unspecified atom stereocenters. The van der Waals surface area contributed by atoms with Crippen LogP contribution in [0.25, 0.3) is 0 Å². The molecule has 1 rings (SSSR count). The molecule has 5 nitrogen and oxygen atoms in total. The number of carbonyl (C=O) groups is 1. The summed E-state index contributed by atoms with van der Waals surface area (Å²) in [6, 6.07) is 3.32. The molecule has 0 aromatic heterocycles. The molecule has 16 heavy (non-hydrogen) atoms. The van der Waals surface area contributed by atoms with Crippen molar-refractivity contribution in [3.05, 3.63) is 23.8 Å². The molecule has 0 aliphatic carbocycles. The minimum absolute atomic E-state index is 0.00731. The van der Waals surface area contributed by atoms with E-state index in [4.69, 9.17) is 10.5 Å². The smallest absolute Gasteiger partial charge is 0.307 e. The Kier molecular flexibility index (Phi) is 4.13. The van der Waals surface area contributed by atoms with Crippen molar-refractivity contribution in [2.45, 2.75) is 19.4 Å². The molecule has 0 saturated carbocycles. The summed E-state index contributed by atoms with van der Waals surface area (Å²) in [5.74, 6) is -0.487. The molecule has 0 aliphatic heterocycles. The van der Waals surface area contributed by atoms with E-state index in [1.165, 1.54) is 18.2 Å². The Bertz CT molecular complexity index is 378. The van der Waals surface area contributed by atoms with Crippen LogP contribution in [0.4, 0.5) is 0 Å². The fourth-order valence-electron chi connectivity index (χ4n) is 1.35. The second-order valence-corrected chi connectivity index (χ2v) is 3.36. The largest absolute Gasteiger partial charge is 0.508 e. The number of esters is 1. The van der Waals surface area contributed by atoms with Crippen molar-refractivity contribution in [3.63, 3.8) is 0 Å². The van der Waals surface area contributed by atoms with Crippen molar-refractivity contribution >= 4 is 5.97 Å². The highest BCUT2D eigenvalue weighted by atomic mass is 16.5. The Balaban J connectivity index is 2.76. The summed E-state index contributed by atoms with van der Waals surface area (Å²) in [6.07, 6.45) is -0.0369. The maximum atomic E-state index is 11.2. The van der Waals surface area contributed by atoms with Crippen LogP contribution >= 0.6 is 0 Å². The monoisotopic (exact) mass is 225 g/mol. The van der Waals surface area contributed by atoms with E-state index in [1.54, 1.807) is 6.92 Å². The second kappa shape index (κ2) is 5.37. The van der Waals surface area contributed by atoms with Crippen molar-refractivity contribution < 1.29 is 19.7 Å². The van der Waals surface area contributed by atoms with Crippen molar-refractivity contribution in [1.82, 2.24) is 0 Å². The number of phenolic OH excluding ortho intramolecular Hbond substituents is 2. The SMILES string of the molecule is CCOC(=O)C[C@H](N)c1cc(O)ccc1O. The van der Waals surface area contributed by atoms with E-state index < -0.39 is 12.0 Å². The normalized spacial score (nSPS) is 12.1. The zero-order chi connectivity index (χ0) is 12.1. The van der Waals surface area contributed by atoms with E-state index in [1.807, 2.05) is 0 Å². The summed E-state index contributed by atoms with van der Waals surface area (Å²) in [7, 11) is 0. The zero-order valence-corrected chi connectivity index (χ0v) is 9.01. The van der Waals surface area contributed by atoms with Crippen LogP contribution in [0, 0.1) is 0 Å². The summed E-state index contributed by atoms with van der Waals surface area (Å²) < 4.78 is 4.74. The van der Waals surface area contributed by atoms with Crippen LogP contribution in [0.15, 0.2) is 18.2 Å². The van der Waals surface area contributed by atoms with Gasteiger partial charge in [-0.1, -0.05) is 0 Å². The molecule has 0 spiro atoms. The Morgan fingerprint density at radius 3 is 2.81 bits per heavy atom. The minimum Gasteiger partial charge on any atom is -0.508 e. The summed E-state index contributed by atoms with van der Waals surface area (Å²) in [6.45, 7) is 1.99. The average Bonchev–Trinajstić information content (AvgIpc) is 2.21. The van der Waals surface area contributed by atoms with Crippen LogP contribution < -0.4 is 5.73 Å². The van der Waals surface area contributed by atoms with Crippen LogP contribution in [0.2, 0.25) is 0 Å². The number of hydrogen-bond acceptors (Lipinski definition) is 5. The predicted molar refractivity (Wildman–Crippen MR) is 58.0 cm³/mol. The van der Waals surface area contributed by atoms with E-state index in [-0.39, 0.29) is 24.5 Å². The first-order valence-corrected chi connectivity index (χ1v) is 4.97. The van der Waals surface area contributed by atoms with E-state index >= 15 is 0 Å². The topological polar surface area (TPSA) is 92.8 Å². The average molecular weight is 225 g/mol. The molecule has 1 aromatic carbocycles. The van der Waals surface area contributed by atoms with Gasteiger partial charge in [0.2, 0.25) is 0 Å². The number of phenols is 2. The summed E-state index contributed by atoms with van der Waals surface area (Å²) >= 11 is 0. The van der Waals surface area contributed by atoms with Gasteiger partial charge < -0.3 is 20.7 Å². The van der Waals surface area contributed by atoms with Crippen LogP contribution in [0.1, 0.15) is 24.9 Å². The molecule has 0 aliphatic rings. The number of ether oxygens (including phenoxy) is 1. The number of aromatic hydroxyl groups is 2. The molecule has 0 bridgehead atoms. The summed E-state index contributed by atoms with van der Waals surface area (Å²) in [4.78, 5) is 11.2.